The first-order valence-electron chi connectivity index (χ1n) is 10.6. The largest absolute Gasteiger partial charge is 0.506 e. The first-order valence-corrected chi connectivity index (χ1v) is 10.6. The van der Waals surface area contributed by atoms with Crippen molar-refractivity contribution in [1.29, 1.82) is 0 Å². The molecule has 0 unspecified atom stereocenters. The van der Waals surface area contributed by atoms with E-state index in [1.807, 2.05) is 36.4 Å². The number of fused-ring (bicyclic) bond motifs is 2. The van der Waals surface area contributed by atoms with Gasteiger partial charge in [0.25, 0.3) is 0 Å². The average molecular weight is 402 g/mol. The maximum absolute atomic E-state index is 10.1. The maximum Gasteiger partial charge on any atom is 0.219 e. The van der Waals surface area contributed by atoms with E-state index in [1.54, 1.807) is 18.2 Å². The van der Waals surface area contributed by atoms with Gasteiger partial charge in [0.2, 0.25) is 11.8 Å². The zero-order valence-corrected chi connectivity index (χ0v) is 17.3. The van der Waals surface area contributed by atoms with Gasteiger partial charge in [0.15, 0.2) is 0 Å². The maximum atomic E-state index is 10.1. The van der Waals surface area contributed by atoms with Gasteiger partial charge in [0.1, 0.15) is 23.1 Å². The van der Waals surface area contributed by atoms with E-state index in [-0.39, 0.29) is 17.9 Å². The van der Waals surface area contributed by atoms with Gasteiger partial charge in [-0.05, 0) is 61.4 Å². The summed E-state index contributed by atoms with van der Waals surface area (Å²) in [4.78, 5) is 9.38. The number of rotatable bonds is 3. The molecule has 3 aromatic rings. The molecule has 5 heteroatoms. The Kier molecular flexibility index (Phi) is 4.61. The normalized spacial score (nSPS) is 22.7. The average Bonchev–Trinajstić information content (AvgIpc) is 3.04. The fraction of sp³-hybridized carbons (Fsp3) is 0.360. The summed E-state index contributed by atoms with van der Waals surface area (Å²) in [6.07, 6.45) is 4.70. The third kappa shape index (κ3) is 3.72. The minimum absolute atomic E-state index is 0.141. The SMILES string of the molecule is CC1(C)CCC[C@H]2OC(c3cccc(Oc4ccc5cccc(O)c5n4)c3)=N[C@H]2C1. The number of pyridine rings is 1. The topological polar surface area (TPSA) is 63.9 Å². The summed E-state index contributed by atoms with van der Waals surface area (Å²) < 4.78 is 12.2. The van der Waals surface area contributed by atoms with Gasteiger partial charge in [-0.15, -0.1) is 0 Å². The first kappa shape index (κ1) is 18.9. The van der Waals surface area contributed by atoms with Crippen LogP contribution in [0.15, 0.2) is 59.6 Å². The van der Waals surface area contributed by atoms with Gasteiger partial charge in [-0.1, -0.05) is 32.0 Å². The molecule has 2 atom stereocenters. The number of hydrogen-bond donors (Lipinski definition) is 1. The molecule has 2 aromatic carbocycles. The second-order valence-electron chi connectivity index (χ2n) is 9.05. The van der Waals surface area contributed by atoms with E-state index in [1.165, 1.54) is 12.8 Å². The van der Waals surface area contributed by atoms with Crippen molar-refractivity contribution in [1.82, 2.24) is 4.98 Å². The van der Waals surface area contributed by atoms with Gasteiger partial charge in [-0.2, -0.15) is 0 Å². The van der Waals surface area contributed by atoms with Crippen molar-refractivity contribution in [2.45, 2.75) is 51.7 Å². The summed E-state index contributed by atoms with van der Waals surface area (Å²) in [5, 5.41) is 10.9. The van der Waals surface area contributed by atoms with Crippen molar-refractivity contribution in [3.8, 4) is 17.4 Å². The molecule has 5 nitrogen and oxygen atoms in total. The Morgan fingerprint density at radius 3 is 2.87 bits per heavy atom. The van der Waals surface area contributed by atoms with Crippen LogP contribution >= 0.6 is 0 Å². The fourth-order valence-corrected chi connectivity index (χ4v) is 4.49. The van der Waals surface area contributed by atoms with Crippen molar-refractivity contribution in [3.05, 3.63) is 60.2 Å². The van der Waals surface area contributed by atoms with Crippen LogP contribution in [0.2, 0.25) is 0 Å². The zero-order valence-electron chi connectivity index (χ0n) is 17.3. The summed E-state index contributed by atoms with van der Waals surface area (Å²) in [5.41, 5.74) is 1.75. The smallest absolute Gasteiger partial charge is 0.219 e. The van der Waals surface area contributed by atoms with Crippen LogP contribution in [0.25, 0.3) is 10.9 Å². The molecule has 1 aliphatic carbocycles. The lowest BCUT2D eigenvalue weighted by Crippen LogP contribution is -2.24. The van der Waals surface area contributed by atoms with E-state index in [9.17, 15) is 5.11 Å². The number of hydrogen-bond acceptors (Lipinski definition) is 5. The molecule has 1 N–H and O–H groups in total. The molecule has 0 saturated heterocycles. The number of phenols is 1. The third-order valence-electron chi connectivity index (χ3n) is 6.06. The van der Waals surface area contributed by atoms with E-state index in [0.29, 0.717) is 28.5 Å². The molecule has 0 amide bonds. The van der Waals surface area contributed by atoms with Crippen molar-refractivity contribution >= 4 is 16.8 Å². The number of aromatic hydroxyl groups is 1. The first-order chi connectivity index (χ1) is 14.5. The van der Waals surface area contributed by atoms with Gasteiger partial charge < -0.3 is 14.6 Å². The lowest BCUT2D eigenvalue weighted by Gasteiger charge is -2.23. The summed E-state index contributed by atoms with van der Waals surface area (Å²) in [6, 6.07) is 17.0. The summed E-state index contributed by atoms with van der Waals surface area (Å²) in [6.45, 7) is 4.65. The van der Waals surface area contributed by atoms with Crippen LogP contribution in [-0.4, -0.2) is 28.1 Å². The Balaban J connectivity index is 1.39. The third-order valence-corrected chi connectivity index (χ3v) is 6.06. The van der Waals surface area contributed by atoms with Crippen LogP contribution in [0.1, 0.15) is 45.1 Å². The molecule has 1 aliphatic heterocycles. The highest BCUT2D eigenvalue weighted by atomic mass is 16.5. The van der Waals surface area contributed by atoms with E-state index in [2.05, 4.69) is 18.8 Å². The van der Waals surface area contributed by atoms with E-state index in [0.717, 1.165) is 23.8 Å². The number of nitrogens with zero attached hydrogens (tertiary/aromatic N) is 2. The minimum Gasteiger partial charge on any atom is -0.506 e. The molecule has 0 spiro atoms. The molecule has 0 bridgehead atoms. The summed E-state index contributed by atoms with van der Waals surface area (Å²) in [7, 11) is 0. The van der Waals surface area contributed by atoms with Crippen molar-refractivity contribution < 1.29 is 14.6 Å². The molecule has 154 valence electrons. The summed E-state index contributed by atoms with van der Waals surface area (Å²) in [5.74, 6) is 1.94. The second-order valence-corrected chi connectivity index (χ2v) is 9.05. The van der Waals surface area contributed by atoms with Gasteiger partial charge >= 0.3 is 0 Å². The predicted molar refractivity (Wildman–Crippen MR) is 117 cm³/mol. The fourth-order valence-electron chi connectivity index (χ4n) is 4.49. The lowest BCUT2D eigenvalue weighted by molar-refractivity contribution is 0.176. The molecular weight excluding hydrogens is 376 g/mol. The highest BCUT2D eigenvalue weighted by Gasteiger charge is 2.38. The molecule has 0 radical (unpaired) electrons. The Bertz CT molecular complexity index is 1120. The Hall–Kier alpha value is -3.08. The van der Waals surface area contributed by atoms with Crippen LogP contribution in [0.3, 0.4) is 0 Å². The predicted octanol–water partition coefficient (Wildman–Crippen LogP) is 5.85. The number of para-hydroxylation sites is 1. The van der Waals surface area contributed by atoms with Crippen LogP contribution in [0.5, 0.6) is 17.4 Å². The van der Waals surface area contributed by atoms with Crippen molar-refractivity contribution in [2.75, 3.05) is 0 Å². The Morgan fingerprint density at radius 1 is 1.10 bits per heavy atom. The second kappa shape index (κ2) is 7.31. The number of aliphatic imine (C=N–C) groups is 1. The highest BCUT2D eigenvalue weighted by Crippen LogP contribution is 2.39. The van der Waals surface area contributed by atoms with Gasteiger partial charge in [-0.3, -0.25) is 0 Å². The van der Waals surface area contributed by atoms with Crippen LogP contribution < -0.4 is 4.74 Å². The summed E-state index contributed by atoms with van der Waals surface area (Å²) >= 11 is 0. The van der Waals surface area contributed by atoms with Gasteiger partial charge in [0.05, 0.1) is 6.04 Å². The molecule has 30 heavy (non-hydrogen) atoms. The van der Waals surface area contributed by atoms with E-state index < -0.39 is 0 Å². The van der Waals surface area contributed by atoms with E-state index >= 15 is 0 Å². The highest BCUT2D eigenvalue weighted by molar-refractivity contribution is 5.95. The Labute approximate surface area is 176 Å². The number of ether oxygens (including phenoxy) is 2. The molecule has 1 aromatic heterocycles. The van der Waals surface area contributed by atoms with Crippen LogP contribution in [0, 0.1) is 5.41 Å². The van der Waals surface area contributed by atoms with Crippen molar-refractivity contribution in [2.24, 2.45) is 10.4 Å². The van der Waals surface area contributed by atoms with Crippen LogP contribution in [-0.2, 0) is 4.74 Å². The van der Waals surface area contributed by atoms with E-state index in [4.69, 9.17) is 14.5 Å². The minimum atomic E-state index is 0.141. The number of benzene rings is 2. The monoisotopic (exact) mass is 402 g/mol. The molecule has 5 rings (SSSR count). The van der Waals surface area contributed by atoms with Gasteiger partial charge in [0, 0.05) is 17.0 Å². The molecule has 1 fully saturated rings. The molecule has 2 aliphatic rings. The van der Waals surface area contributed by atoms with Crippen molar-refractivity contribution in [3.63, 3.8) is 0 Å². The van der Waals surface area contributed by atoms with Crippen LogP contribution in [0.4, 0.5) is 0 Å². The lowest BCUT2D eigenvalue weighted by atomic mass is 9.83. The zero-order chi connectivity index (χ0) is 20.7. The molecular formula is C25H26N2O3. The van der Waals surface area contributed by atoms with Gasteiger partial charge in [-0.25, -0.2) is 9.98 Å². The number of aromatic nitrogens is 1. The Morgan fingerprint density at radius 2 is 1.97 bits per heavy atom. The molecule has 1 saturated carbocycles. The standard InChI is InChI=1S/C25H26N2O3/c1-25(2)13-5-10-21-19(15-25)26-24(30-21)17-7-3-8-18(14-17)29-22-12-11-16-6-4-9-20(28)23(16)27-22/h3-4,6-9,11-12,14,19,21,28H,5,10,13,15H2,1-2H3/t19-,21+/m0/s1. The quantitative estimate of drug-likeness (QED) is 0.597. The molecule has 2 heterocycles. The number of phenolic OH excluding ortho intramolecular Hbond substituents is 1.